The van der Waals surface area contributed by atoms with Crippen LogP contribution in [0, 0.1) is 6.92 Å². The van der Waals surface area contributed by atoms with Crippen LogP contribution in [-0.4, -0.2) is 31.1 Å². The van der Waals surface area contributed by atoms with Crippen LogP contribution in [0.1, 0.15) is 54.0 Å². The second-order valence-electron chi connectivity index (χ2n) is 7.44. The first kappa shape index (κ1) is 21.3. The molecule has 6 nitrogen and oxygen atoms in total. The van der Waals surface area contributed by atoms with E-state index in [0.29, 0.717) is 40.5 Å². The Morgan fingerprint density at radius 2 is 1.75 bits per heavy atom. The van der Waals surface area contributed by atoms with Crippen molar-refractivity contribution < 1.29 is 19.1 Å². The largest absolute Gasteiger partial charge is 0.493 e. The lowest BCUT2D eigenvalue weighted by atomic mass is 10.0. The number of ether oxygens (including phenoxy) is 2. The van der Waals surface area contributed by atoms with Gasteiger partial charge in [0.2, 0.25) is 0 Å². The zero-order valence-corrected chi connectivity index (χ0v) is 17.3. The maximum atomic E-state index is 12.7. The van der Waals surface area contributed by atoms with Gasteiger partial charge in [-0.3, -0.25) is 9.59 Å². The van der Waals surface area contributed by atoms with Crippen molar-refractivity contribution in [3.63, 3.8) is 0 Å². The molecule has 2 aromatic rings. The molecule has 0 spiro atoms. The van der Waals surface area contributed by atoms with E-state index < -0.39 is 0 Å². The maximum Gasteiger partial charge on any atom is 0.255 e. The Morgan fingerprint density at radius 1 is 1.04 bits per heavy atom. The molecule has 0 saturated carbocycles. The van der Waals surface area contributed by atoms with E-state index in [0.717, 1.165) is 0 Å². The van der Waals surface area contributed by atoms with Crippen LogP contribution < -0.4 is 20.1 Å². The highest BCUT2D eigenvalue weighted by molar-refractivity contribution is 6.06. The summed E-state index contributed by atoms with van der Waals surface area (Å²) in [5.41, 5.74) is 1.90. The molecule has 0 fully saturated rings. The van der Waals surface area contributed by atoms with Gasteiger partial charge in [-0.05, 0) is 70.5 Å². The Balaban J connectivity index is 2.25. The van der Waals surface area contributed by atoms with Crippen molar-refractivity contribution in [1.29, 1.82) is 0 Å². The zero-order chi connectivity index (χ0) is 20.9. The van der Waals surface area contributed by atoms with E-state index in [1.165, 1.54) is 7.11 Å². The van der Waals surface area contributed by atoms with Gasteiger partial charge in [-0.1, -0.05) is 6.07 Å². The van der Waals surface area contributed by atoms with Gasteiger partial charge in [0.1, 0.15) is 0 Å². The molecule has 0 atom stereocenters. The molecule has 2 N–H and O–H groups in total. The fourth-order valence-electron chi connectivity index (χ4n) is 2.70. The highest BCUT2D eigenvalue weighted by Crippen LogP contribution is 2.29. The number of nitrogens with one attached hydrogen (secondary N) is 2. The van der Waals surface area contributed by atoms with Crippen LogP contribution in [0.4, 0.5) is 5.69 Å². The molecule has 150 valence electrons. The molecule has 0 heterocycles. The van der Waals surface area contributed by atoms with E-state index in [9.17, 15) is 9.59 Å². The predicted molar refractivity (Wildman–Crippen MR) is 111 cm³/mol. The van der Waals surface area contributed by atoms with Gasteiger partial charge >= 0.3 is 0 Å². The maximum absolute atomic E-state index is 12.7. The Morgan fingerprint density at radius 3 is 2.36 bits per heavy atom. The summed E-state index contributed by atoms with van der Waals surface area (Å²) in [4.78, 5) is 25.2. The molecule has 0 aliphatic rings. The first-order chi connectivity index (χ1) is 13.2. The number of hydrogen-bond acceptors (Lipinski definition) is 4. The number of carbonyl (C=O) groups excluding carboxylic acids is 2. The van der Waals surface area contributed by atoms with Crippen molar-refractivity contribution in [1.82, 2.24) is 5.32 Å². The Kier molecular flexibility index (Phi) is 6.67. The van der Waals surface area contributed by atoms with E-state index in [-0.39, 0.29) is 17.4 Å². The van der Waals surface area contributed by atoms with E-state index in [2.05, 4.69) is 10.6 Å². The molecular weight excluding hydrogens is 356 g/mol. The van der Waals surface area contributed by atoms with Crippen molar-refractivity contribution >= 4 is 17.5 Å². The van der Waals surface area contributed by atoms with Crippen molar-refractivity contribution in [2.45, 2.75) is 40.2 Å². The number of carbonyl (C=O) groups is 2. The van der Waals surface area contributed by atoms with Gasteiger partial charge in [-0.25, -0.2) is 0 Å². The van der Waals surface area contributed by atoms with Crippen molar-refractivity contribution in [3.05, 3.63) is 53.1 Å². The number of amides is 2. The van der Waals surface area contributed by atoms with Gasteiger partial charge < -0.3 is 20.1 Å². The molecule has 2 rings (SSSR count). The first-order valence-corrected chi connectivity index (χ1v) is 9.20. The summed E-state index contributed by atoms with van der Waals surface area (Å²) in [5.74, 6) is 0.602. The normalized spacial score (nSPS) is 10.9. The van der Waals surface area contributed by atoms with Crippen LogP contribution in [0.3, 0.4) is 0 Å². The SMILES string of the molecule is CCOc1ccc(C(=O)Nc2cccc(C(=O)NC(C)(C)C)c2C)cc1OC. The molecule has 0 saturated heterocycles. The van der Waals surface area contributed by atoms with Gasteiger partial charge in [-0.2, -0.15) is 0 Å². The van der Waals surface area contributed by atoms with Crippen molar-refractivity contribution in [3.8, 4) is 11.5 Å². The van der Waals surface area contributed by atoms with E-state index in [4.69, 9.17) is 9.47 Å². The number of anilines is 1. The van der Waals surface area contributed by atoms with Crippen molar-refractivity contribution in [2.24, 2.45) is 0 Å². The molecule has 0 aliphatic carbocycles. The third-order valence-electron chi connectivity index (χ3n) is 4.04. The first-order valence-electron chi connectivity index (χ1n) is 9.20. The van der Waals surface area contributed by atoms with Crippen LogP contribution >= 0.6 is 0 Å². The molecule has 0 aromatic heterocycles. The zero-order valence-electron chi connectivity index (χ0n) is 17.3. The molecule has 0 radical (unpaired) electrons. The molecule has 0 unspecified atom stereocenters. The van der Waals surface area contributed by atoms with Crippen LogP contribution in [0.25, 0.3) is 0 Å². The fraction of sp³-hybridized carbons (Fsp3) is 0.364. The van der Waals surface area contributed by atoms with Crippen LogP contribution in [0.2, 0.25) is 0 Å². The van der Waals surface area contributed by atoms with Crippen LogP contribution in [0.15, 0.2) is 36.4 Å². The van der Waals surface area contributed by atoms with E-state index >= 15 is 0 Å². The minimum absolute atomic E-state index is 0.177. The molecule has 28 heavy (non-hydrogen) atoms. The van der Waals surface area contributed by atoms with Crippen LogP contribution in [0.5, 0.6) is 11.5 Å². The predicted octanol–water partition coefficient (Wildman–Crippen LogP) is 4.18. The number of methoxy groups -OCH3 is 1. The number of hydrogen-bond donors (Lipinski definition) is 2. The summed E-state index contributed by atoms with van der Waals surface area (Å²) < 4.78 is 10.8. The molecule has 2 aromatic carbocycles. The second kappa shape index (κ2) is 8.78. The highest BCUT2D eigenvalue weighted by Gasteiger charge is 2.19. The van der Waals surface area contributed by atoms with Gasteiger partial charge in [0.05, 0.1) is 13.7 Å². The summed E-state index contributed by atoms with van der Waals surface area (Å²) in [6.45, 7) is 9.96. The third-order valence-corrected chi connectivity index (χ3v) is 4.04. The van der Waals surface area contributed by atoms with Crippen molar-refractivity contribution in [2.75, 3.05) is 19.0 Å². The average molecular weight is 384 g/mol. The molecular formula is C22H28N2O4. The highest BCUT2D eigenvalue weighted by atomic mass is 16.5. The van der Waals surface area contributed by atoms with Crippen LogP contribution in [-0.2, 0) is 0 Å². The monoisotopic (exact) mass is 384 g/mol. The molecule has 2 amide bonds. The van der Waals surface area contributed by atoms with Gasteiger partial charge in [-0.15, -0.1) is 0 Å². The van der Waals surface area contributed by atoms with Gasteiger partial charge in [0.25, 0.3) is 11.8 Å². The lowest BCUT2D eigenvalue weighted by Gasteiger charge is -2.21. The fourth-order valence-corrected chi connectivity index (χ4v) is 2.70. The number of benzene rings is 2. The number of rotatable bonds is 6. The standard InChI is InChI=1S/C22H28N2O4/c1-7-28-18-12-11-15(13-19(18)27-6)20(25)23-17-10-8-9-16(14(17)2)21(26)24-22(3,4)5/h8-13H,7H2,1-6H3,(H,23,25)(H,24,26). The Bertz CT molecular complexity index is 869. The average Bonchev–Trinajstić information content (AvgIpc) is 2.62. The summed E-state index contributed by atoms with van der Waals surface area (Å²) >= 11 is 0. The topological polar surface area (TPSA) is 76.7 Å². The smallest absolute Gasteiger partial charge is 0.255 e. The minimum Gasteiger partial charge on any atom is -0.493 e. The van der Waals surface area contributed by atoms with Gasteiger partial charge in [0, 0.05) is 22.4 Å². The van der Waals surface area contributed by atoms with Gasteiger partial charge in [0.15, 0.2) is 11.5 Å². The Hall–Kier alpha value is -3.02. The minimum atomic E-state index is -0.346. The molecule has 0 bridgehead atoms. The summed E-state index contributed by atoms with van der Waals surface area (Å²) in [7, 11) is 1.53. The second-order valence-corrected chi connectivity index (χ2v) is 7.44. The lowest BCUT2D eigenvalue weighted by Crippen LogP contribution is -2.40. The summed E-state index contributed by atoms with van der Waals surface area (Å²) in [6.07, 6.45) is 0. The summed E-state index contributed by atoms with van der Waals surface area (Å²) in [6, 6.07) is 10.3. The lowest BCUT2D eigenvalue weighted by molar-refractivity contribution is 0.0917. The molecule has 6 heteroatoms. The van der Waals surface area contributed by atoms with E-state index in [1.807, 2.05) is 34.6 Å². The third kappa shape index (κ3) is 5.25. The molecule has 0 aliphatic heterocycles. The Labute approximate surface area is 166 Å². The summed E-state index contributed by atoms with van der Waals surface area (Å²) in [5, 5.41) is 5.81. The van der Waals surface area contributed by atoms with E-state index in [1.54, 1.807) is 36.4 Å². The quantitative estimate of drug-likeness (QED) is 0.783.